The summed E-state index contributed by atoms with van der Waals surface area (Å²) in [5, 5.41) is 0.924. The van der Waals surface area contributed by atoms with Gasteiger partial charge in [-0.1, -0.05) is 30.0 Å². The highest BCUT2D eigenvalue weighted by molar-refractivity contribution is 7.99. The number of imidazole rings is 1. The van der Waals surface area contributed by atoms with Crippen LogP contribution in [0, 0.1) is 0 Å². The Labute approximate surface area is 196 Å². The number of benzene rings is 1. The molecule has 1 aromatic carbocycles. The fourth-order valence-corrected chi connectivity index (χ4v) is 5.82. The van der Waals surface area contributed by atoms with Gasteiger partial charge in [-0.15, -0.1) is 0 Å². The number of carbonyl (C=O) groups is 1. The number of likely N-dealkylation sites (N-methyl/N-ethyl adjacent to an activating group) is 1. The summed E-state index contributed by atoms with van der Waals surface area (Å²) in [5.41, 5.74) is -0.422. The van der Waals surface area contributed by atoms with Gasteiger partial charge in [0, 0.05) is 57.4 Å². The highest BCUT2D eigenvalue weighted by Gasteiger charge is 2.41. The molecule has 0 N–H and O–H groups in total. The Hall–Kier alpha value is -2.04. The summed E-state index contributed by atoms with van der Waals surface area (Å²) in [7, 11) is 3.96. The molecule has 2 fully saturated rings. The topological polar surface area (TPSA) is 44.6 Å². The van der Waals surface area contributed by atoms with Crippen LogP contribution in [0.1, 0.15) is 24.0 Å². The number of aromatic nitrogens is 2. The molecule has 2 aliphatic heterocycles. The van der Waals surface area contributed by atoms with E-state index in [2.05, 4.69) is 9.88 Å². The molecule has 0 saturated carbocycles. The van der Waals surface area contributed by atoms with Gasteiger partial charge in [0.1, 0.15) is 0 Å². The molecule has 4 rings (SSSR count). The summed E-state index contributed by atoms with van der Waals surface area (Å²) in [6.07, 6.45) is 0.663. The Balaban J connectivity index is 1.56. The van der Waals surface area contributed by atoms with Crippen LogP contribution in [0.25, 0.3) is 0 Å². The van der Waals surface area contributed by atoms with Gasteiger partial charge in [-0.3, -0.25) is 9.69 Å². The van der Waals surface area contributed by atoms with Crippen LogP contribution in [0.15, 0.2) is 41.8 Å². The standard InChI is InChI=1S/C23H30F3N5OS/c1-28-9-5-10-30(13-12-28)21(32)20-14-18(33-22-27-8-11-29(22)2)16-31(20)15-17-6-3-4-7-19(17)23(24,25)26/h3-4,6-8,11,18,20H,5,9-10,12-16H2,1-2H3/t18-,20+/m1/s1. The molecule has 6 nitrogen and oxygen atoms in total. The molecule has 1 amide bonds. The monoisotopic (exact) mass is 481 g/mol. The lowest BCUT2D eigenvalue weighted by Crippen LogP contribution is -2.46. The van der Waals surface area contributed by atoms with Crippen LogP contribution in [0.2, 0.25) is 0 Å². The quantitative estimate of drug-likeness (QED) is 0.656. The lowest BCUT2D eigenvalue weighted by atomic mass is 10.1. The third-order valence-electron chi connectivity index (χ3n) is 6.43. The number of likely N-dealkylation sites (tertiary alicyclic amines) is 1. The number of hydrogen-bond acceptors (Lipinski definition) is 5. The zero-order valence-corrected chi connectivity index (χ0v) is 19.8. The van der Waals surface area contributed by atoms with Crippen molar-refractivity contribution in [3.8, 4) is 0 Å². The molecule has 2 atom stereocenters. The number of rotatable bonds is 5. The number of amides is 1. The minimum Gasteiger partial charge on any atom is -0.340 e. The van der Waals surface area contributed by atoms with Crippen molar-refractivity contribution in [1.29, 1.82) is 0 Å². The lowest BCUT2D eigenvalue weighted by Gasteiger charge is -2.30. The molecule has 1 aromatic heterocycles. The van der Waals surface area contributed by atoms with Crippen molar-refractivity contribution in [1.82, 2.24) is 24.3 Å². The molecule has 2 saturated heterocycles. The van der Waals surface area contributed by atoms with E-state index in [1.54, 1.807) is 24.0 Å². The predicted molar refractivity (Wildman–Crippen MR) is 122 cm³/mol. The first-order valence-corrected chi connectivity index (χ1v) is 12.1. The van der Waals surface area contributed by atoms with Gasteiger partial charge in [0.2, 0.25) is 5.91 Å². The maximum atomic E-state index is 13.6. The summed E-state index contributed by atoms with van der Waals surface area (Å²) in [6.45, 7) is 3.71. The third-order valence-corrected chi connectivity index (χ3v) is 7.71. The van der Waals surface area contributed by atoms with Gasteiger partial charge < -0.3 is 14.4 Å². The molecular weight excluding hydrogens is 451 g/mol. The van der Waals surface area contributed by atoms with E-state index in [9.17, 15) is 18.0 Å². The van der Waals surface area contributed by atoms with E-state index in [1.807, 2.05) is 34.7 Å². The first-order valence-electron chi connectivity index (χ1n) is 11.2. The zero-order chi connectivity index (χ0) is 23.6. The minimum absolute atomic E-state index is 0.0257. The van der Waals surface area contributed by atoms with Crippen molar-refractivity contribution >= 4 is 17.7 Å². The number of thioether (sulfide) groups is 1. The molecule has 0 radical (unpaired) electrons. The van der Waals surface area contributed by atoms with Gasteiger partial charge in [0.25, 0.3) is 0 Å². The zero-order valence-electron chi connectivity index (χ0n) is 19.0. The van der Waals surface area contributed by atoms with Crippen LogP contribution in [0.4, 0.5) is 13.2 Å². The molecule has 0 bridgehead atoms. The average Bonchev–Trinajstić information content (AvgIpc) is 3.28. The van der Waals surface area contributed by atoms with Crippen molar-refractivity contribution in [2.45, 2.75) is 42.0 Å². The Morgan fingerprint density at radius 1 is 1.15 bits per heavy atom. The fourth-order valence-electron chi connectivity index (χ4n) is 4.62. The van der Waals surface area contributed by atoms with Gasteiger partial charge in [-0.2, -0.15) is 13.2 Å². The summed E-state index contributed by atoms with van der Waals surface area (Å²) in [6, 6.07) is 5.24. The number of aryl methyl sites for hydroxylation is 1. The van der Waals surface area contributed by atoms with Gasteiger partial charge in [-0.05, 0) is 38.1 Å². The van der Waals surface area contributed by atoms with Gasteiger partial charge in [0.15, 0.2) is 5.16 Å². The van der Waals surface area contributed by atoms with Gasteiger partial charge in [0.05, 0.1) is 11.6 Å². The van der Waals surface area contributed by atoms with Crippen molar-refractivity contribution in [2.24, 2.45) is 7.05 Å². The summed E-state index contributed by atoms with van der Waals surface area (Å²) in [4.78, 5) is 24.0. The second-order valence-corrected chi connectivity index (χ2v) is 10.1. The van der Waals surface area contributed by atoms with E-state index < -0.39 is 17.8 Å². The molecule has 10 heteroatoms. The van der Waals surface area contributed by atoms with Crippen molar-refractivity contribution in [3.63, 3.8) is 0 Å². The highest BCUT2D eigenvalue weighted by atomic mass is 32.2. The van der Waals surface area contributed by atoms with Crippen molar-refractivity contribution in [2.75, 3.05) is 39.8 Å². The second-order valence-electron chi connectivity index (χ2n) is 8.88. The Morgan fingerprint density at radius 3 is 2.67 bits per heavy atom. The molecule has 33 heavy (non-hydrogen) atoms. The number of nitrogens with zero attached hydrogens (tertiary/aromatic N) is 5. The number of alkyl halides is 3. The molecule has 3 heterocycles. The van der Waals surface area contributed by atoms with Crippen LogP contribution >= 0.6 is 11.8 Å². The summed E-state index contributed by atoms with van der Waals surface area (Å²) < 4.78 is 42.8. The highest BCUT2D eigenvalue weighted by Crippen LogP contribution is 2.36. The molecule has 0 spiro atoms. The SMILES string of the molecule is CN1CCCN(C(=O)[C@@H]2C[C@@H](Sc3nccn3C)CN2Cc2ccccc2C(F)(F)F)CC1. The molecule has 180 valence electrons. The van der Waals surface area contributed by atoms with E-state index in [4.69, 9.17) is 0 Å². The van der Waals surface area contributed by atoms with Gasteiger partial charge in [-0.25, -0.2) is 4.98 Å². The molecule has 0 aliphatic carbocycles. The van der Waals surface area contributed by atoms with E-state index in [0.29, 0.717) is 26.1 Å². The van der Waals surface area contributed by atoms with E-state index in [1.165, 1.54) is 12.1 Å². The van der Waals surface area contributed by atoms with Crippen LogP contribution in [0.3, 0.4) is 0 Å². The van der Waals surface area contributed by atoms with Crippen LogP contribution in [-0.2, 0) is 24.6 Å². The Morgan fingerprint density at radius 2 is 1.94 bits per heavy atom. The first-order chi connectivity index (χ1) is 15.7. The van der Waals surface area contributed by atoms with Crippen molar-refractivity contribution in [3.05, 3.63) is 47.8 Å². The largest absolute Gasteiger partial charge is 0.416 e. The van der Waals surface area contributed by atoms with Crippen molar-refractivity contribution < 1.29 is 18.0 Å². The fraction of sp³-hybridized carbons (Fsp3) is 0.565. The third kappa shape index (κ3) is 5.73. The maximum absolute atomic E-state index is 13.6. The Bertz CT molecular complexity index is 966. The smallest absolute Gasteiger partial charge is 0.340 e. The summed E-state index contributed by atoms with van der Waals surface area (Å²) in [5.74, 6) is 0.0257. The van der Waals surface area contributed by atoms with E-state index in [0.717, 1.165) is 30.7 Å². The molecule has 0 unspecified atom stereocenters. The van der Waals surface area contributed by atoms with Crippen LogP contribution in [0.5, 0.6) is 0 Å². The van der Waals surface area contributed by atoms with Gasteiger partial charge >= 0.3 is 6.18 Å². The number of hydrogen-bond donors (Lipinski definition) is 0. The second kappa shape index (κ2) is 10.1. The van der Waals surface area contributed by atoms with E-state index in [-0.39, 0.29) is 23.3 Å². The number of halogens is 3. The predicted octanol–water partition coefficient (Wildman–Crippen LogP) is 3.34. The lowest BCUT2D eigenvalue weighted by molar-refractivity contribution is -0.138. The minimum atomic E-state index is -4.42. The molecular formula is C23H30F3N5OS. The number of carbonyl (C=O) groups excluding carboxylic acids is 1. The molecule has 2 aliphatic rings. The van der Waals surface area contributed by atoms with Crippen LogP contribution in [-0.4, -0.2) is 81.2 Å². The molecule has 2 aromatic rings. The average molecular weight is 482 g/mol. The maximum Gasteiger partial charge on any atom is 0.416 e. The first kappa shape index (κ1) is 24.1. The van der Waals surface area contributed by atoms with Crippen LogP contribution < -0.4 is 0 Å². The Kier molecular flexibility index (Phi) is 7.35. The summed E-state index contributed by atoms with van der Waals surface area (Å²) >= 11 is 1.59. The normalized spacial score (nSPS) is 23.1. The van der Waals surface area contributed by atoms with E-state index >= 15 is 0 Å².